The number of benzene rings is 2. The van der Waals surface area contributed by atoms with Gasteiger partial charge in [-0.3, -0.25) is 10.2 Å². The van der Waals surface area contributed by atoms with E-state index in [0.29, 0.717) is 11.4 Å². The van der Waals surface area contributed by atoms with Gasteiger partial charge in [-0.25, -0.2) is 4.79 Å². The maximum absolute atomic E-state index is 10.8. The van der Waals surface area contributed by atoms with E-state index in [-0.39, 0.29) is 10.9 Å². The molecule has 2 aromatic rings. The van der Waals surface area contributed by atoms with Crippen LogP contribution in [0, 0.1) is 0 Å². The van der Waals surface area contributed by atoms with Gasteiger partial charge in [-0.2, -0.15) is 0 Å². The van der Waals surface area contributed by atoms with Gasteiger partial charge in [-0.15, -0.1) is 0 Å². The number of hydrogen-bond donors (Lipinski definition) is 3. The first-order chi connectivity index (χ1) is 9.58. The molecular weight excluding hydrogens is 276 g/mol. The average Bonchev–Trinajstić information content (AvgIpc) is 2.39. The molecule has 102 valence electrons. The Balaban J connectivity index is 2.44. The molecule has 0 aliphatic rings. The molecule has 5 nitrogen and oxygen atoms in total. The van der Waals surface area contributed by atoms with Gasteiger partial charge in [-0.05, 0) is 36.5 Å². The van der Waals surface area contributed by atoms with Crippen molar-refractivity contribution in [3.63, 3.8) is 0 Å². The quantitative estimate of drug-likeness (QED) is 0.741. The number of nitrogens with zero attached hydrogens (tertiary/aromatic N) is 1. The molecule has 0 aliphatic heterocycles. The fourth-order valence-electron chi connectivity index (χ4n) is 1.74. The summed E-state index contributed by atoms with van der Waals surface area (Å²) in [6.07, 6.45) is -1.24. The molecule has 0 heterocycles. The predicted octanol–water partition coefficient (Wildman–Crippen LogP) is 3.08. The minimum atomic E-state index is -1.24. The van der Waals surface area contributed by atoms with Crippen LogP contribution in [-0.4, -0.2) is 21.4 Å². The van der Waals surface area contributed by atoms with Crippen LogP contribution in [-0.2, 0) is 0 Å². The Labute approximate surface area is 121 Å². The van der Waals surface area contributed by atoms with E-state index in [1.54, 1.807) is 24.3 Å². The Morgan fingerprint density at radius 2 is 1.70 bits per heavy atom. The van der Waals surface area contributed by atoms with Crippen LogP contribution in [0.4, 0.5) is 16.2 Å². The van der Waals surface area contributed by atoms with Crippen molar-refractivity contribution >= 4 is 34.8 Å². The number of carboxylic acid groups (broad SMARTS) is 1. The fraction of sp³-hybridized carbons (Fsp3) is 0. The van der Waals surface area contributed by atoms with Crippen LogP contribution in [0.15, 0.2) is 54.6 Å². The van der Waals surface area contributed by atoms with Gasteiger partial charge < -0.3 is 10.2 Å². The molecule has 0 bridgehead atoms. The van der Waals surface area contributed by atoms with Crippen molar-refractivity contribution in [2.24, 2.45) is 0 Å². The van der Waals surface area contributed by atoms with Gasteiger partial charge in [0, 0.05) is 11.8 Å². The number of anilines is 2. The molecule has 0 unspecified atom stereocenters. The van der Waals surface area contributed by atoms with E-state index in [1.165, 1.54) is 17.0 Å². The summed E-state index contributed by atoms with van der Waals surface area (Å²) in [4.78, 5) is 12.3. The molecule has 6 heteroatoms. The molecule has 3 N–H and O–H groups in total. The van der Waals surface area contributed by atoms with Crippen molar-refractivity contribution in [3.8, 4) is 5.75 Å². The summed E-state index contributed by atoms with van der Waals surface area (Å²) >= 11 is 5.11. The van der Waals surface area contributed by atoms with Gasteiger partial charge in [0.25, 0.3) is 0 Å². The zero-order valence-electron chi connectivity index (χ0n) is 10.4. The number of thiocarbonyl (C=S) groups is 1. The molecule has 1 amide bonds. The van der Waals surface area contributed by atoms with E-state index in [0.717, 1.165) is 0 Å². The number of amides is 1. The second kappa shape index (κ2) is 6.03. The molecule has 0 aromatic heterocycles. The minimum absolute atomic E-state index is 0.00861. The third-order valence-electron chi connectivity index (χ3n) is 2.52. The molecule has 0 saturated heterocycles. The zero-order chi connectivity index (χ0) is 14.5. The van der Waals surface area contributed by atoms with Crippen molar-refractivity contribution in [1.82, 2.24) is 5.32 Å². The highest BCUT2D eigenvalue weighted by molar-refractivity contribution is 7.80. The number of rotatable bonds is 2. The van der Waals surface area contributed by atoms with Crippen LogP contribution < -0.4 is 10.2 Å². The highest BCUT2D eigenvalue weighted by Gasteiger charge is 2.16. The molecule has 0 atom stereocenters. The lowest BCUT2D eigenvalue weighted by atomic mass is 10.2. The van der Waals surface area contributed by atoms with E-state index in [2.05, 4.69) is 5.32 Å². The monoisotopic (exact) mass is 288 g/mol. The summed E-state index contributed by atoms with van der Waals surface area (Å²) in [7, 11) is 0. The largest absolute Gasteiger partial charge is 0.508 e. The summed E-state index contributed by atoms with van der Waals surface area (Å²) in [5.74, 6) is 0.0709. The number of phenolic OH excluding ortho intramolecular Hbond substituents is 1. The number of hydrogen-bond acceptors (Lipinski definition) is 3. The molecule has 0 aliphatic carbocycles. The van der Waals surface area contributed by atoms with Crippen LogP contribution in [0.1, 0.15) is 0 Å². The van der Waals surface area contributed by atoms with Crippen molar-refractivity contribution < 1.29 is 15.0 Å². The SMILES string of the molecule is O=C(O)NC(=S)N(c1ccccc1)c1cccc(O)c1. The van der Waals surface area contributed by atoms with E-state index in [4.69, 9.17) is 17.3 Å². The second-order valence-electron chi connectivity index (χ2n) is 3.93. The van der Waals surface area contributed by atoms with Crippen LogP contribution in [0.5, 0.6) is 5.75 Å². The lowest BCUT2D eigenvalue weighted by Crippen LogP contribution is -2.39. The van der Waals surface area contributed by atoms with E-state index >= 15 is 0 Å². The van der Waals surface area contributed by atoms with E-state index in [1.807, 2.05) is 18.2 Å². The Kier molecular flexibility index (Phi) is 4.17. The lowest BCUT2D eigenvalue weighted by Gasteiger charge is -2.25. The van der Waals surface area contributed by atoms with Gasteiger partial charge in [-0.1, -0.05) is 24.3 Å². The Bertz CT molecular complexity index is 631. The van der Waals surface area contributed by atoms with Gasteiger partial charge in [0.2, 0.25) is 0 Å². The Morgan fingerprint density at radius 1 is 1.05 bits per heavy atom. The molecule has 0 radical (unpaired) electrons. The van der Waals surface area contributed by atoms with Crippen LogP contribution in [0.25, 0.3) is 0 Å². The summed E-state index contributed by atoms with van der Waals surface area (Å²) in [5.41, 5.74) is 1.26. The number of carbonyl (C=O) groups is 1. The standard InChI is InChI=1S/C14H12N2O3S/c17-12-8-4-7-11(9-12)16(13(20)15-14(18)19)10-5-2-1-3-6-10/h1-9,17H,(H,15,20)(H,18,19). The number of aromatic hydroxyl groups is 1. The van der Waals surface area contributed by atoms with Gasteiger partial charge in [0.1, 0.15) is 5.75 Å². The normalized spacial score (nSPS) is 9.80. The van der Waals surface area contributed by atoms with Gasteiger partial charge in [0.05, 0.1) is 5.69 Å². The van der Waals surface area contributed by atoms with Crippen LogP contribution in [0.2, 0.25) is 0 Å². The molecule has 0 spiro atoms. The minimum Gasteiger partial charge on any atom is -0.508 e. The number of phenols is 1. The maximum Gasteiger partial charge on any atom is 0.410 e. The molecule has 2 aromatic carbocycles. The van der Waals surface area contributed by atoms with Gasteiger partial charge in [0.15, 0.2) is 5.11 Å². The van der Waals surface area contributed by atoms with Crippen molar-refractivity contribution in [1.29, 1.82) is 0 Å². The summed E-state index contributed by atoms with van der Waals surface area (Å²) in [6.45, 7) is 0. The van der Waals surface area contributed by atoms with E-state index in [9.17, 15) is 9.90 Å². The van der Waals surface area contributed by atoms with Crippen molar-refractivity contribution in [2.45, 2.75) is 0 Å². The molecule has 0 saturated carbocycles. The third kappa shape index (κ3) is 3.24. The van der Waals surface area contributed by atoms with Crippen molar-refractivity contribution in [3.05, 3.63) is 54.6 Å². The fourth-order valence-corrected chi connectivity index (χ4v) is 2.04. The number of nitrogens with one attached hydrogen (secondary N) is 1. The summed E-state index contributed by atoms with van der Waals surface area (Å²) in [5, 5.41) is 20.5. The molecule has 2 rings (SSSR count). The second-order valence-corrected chi connectivity index (χ2v) is 4.31. The van der Waals surface area contributed by atoms with Gasteiger partial charge >= 0.3 is 6.09 Å². The molecule has 20 heavy (non-hydrogen) atoms. The highest BCUT2D eigenvalue weighted by Crippen LogP contribution is 2.27. The van der Waals surface area contributed by atoms with E-state index < -0.39 is 6.09 Å². The maximum atomic E-state index is 10.8. The molecular formula is C14H12N2O3S. The van der Waals surface area contributed by atoms with Crippen LogP contribution in [0.3, 0.4) is 0 Å². The lowest BCUT2D eigenvalue weighted by molar-refractivity contribution is 0.200. The Hall–Kier alpha value is -2.60. The zero-order valence-corrected chi connectivity index (χ0v) is 11.2. The van der Waals surface area contributed by atoms with Crippen molar-refractivity contribution in [2.75, 3.05) is 4.90 Å². The molecule has 0 fully saturated rings. The van der Waals surface area contributed by atoms with Crippen LogP contribution >= 0.6 is 12.2 Å². The summed E-state index contributed by atoms with van der Waals surface area (Å²) in [6, 6.07) is 15.5. The smallest absolute Gasteiger partial charge is 0.410 e. The highest BCUT2D eigenvalue weighted by atomic mass is 32.1. The predicted molar refractivity (Wildman–Crippen MR) is 80.4 cm³/mol. The topological polar surface area (TPSA) is 72.8 Å². The first kappa shape index (κ1) is 13.8. The third-order valence-corrected chi connectivity index (χ3v) is 2.80. The number of para-hydroxylation sites is 1. The first-order valence-corrected chi connectivity index (χ1v) is 6.17. The first-order valence-electron chi connectivity index (χ1n) is 5.76. The average molecular weight is 288 g/mol. The summed E-state index contributed by atoms with van der Waals surface area (Å²) < 4.78 is 0. The Morgan fingerprint density at radius 3 is 2.30 bits per heavy atom.